The molecule has 2 saturated heterocycles. The van der Waals surface area contributed by atoms with Crippen molar-refractivity contribution in [1.29, 1.82) is 0 Å². The summed E-state index contributed by atoms with van der Waals surface area (Å²) in [4.78, 5) is 30.7. The highest BCUT2D eigenvalue weighted by Crippen LogP contribution is 2.16. The van der Waals surface area contributed by atoms with Crippen molar-refractivity contribution in [2.45, 2.75) is 32.7 Å². The molecule has 7 nitrogen and oxygen atoms in total. The number of nitrogens with one attached hydrogen (secondary N) is 1. The third-order valence-corrected chi connectivity index (χ3v) is 5.43. The van der Waals surface area contributed by atoms with Crippen LogP contribution in [0.4, 0.5) is 4.79 Å². The van der Waals surface area contributed by atoms with Gasteiger partial charge >= 0.3 is 6.03 Å². The van der Waals surface area contributed by atoms with Crippen molar-refractivity contribution in [3.63, 3.8) is 0 Å². The van der Waals surface area contributed by atoms with E-state index in [0.717, 1.165) is 50.3 Å². The zero-order valence-corrected chi connectivity index (χ0v) is 17.0. The summed E-state index contributed by atoms with van der Waals surface area (Å²) in [6, 6.07) is 7.72. The number of aryl methyl sites for hydroxylation is 1. The van der Waals surface area contributed by atoms with Gasteiger partial charge in [-0.2, -0.15) is 0 Å². The van der Waals surface area contributed by atoms with E-state index in [4.69, 9.17) is 4.74 Å². The minimum Gasteiger partial charge on any atom is -0.491 e. The summed E-state index contributed by atoms with van der Waals surface area (Å²) in [5, 5.41) is 3.01. The number of hydrogen-bond acceptors (Lipinski definition) is 4. The van der Waals surface area contributed by atoms with Gasteiger partial charge in [0.25, 0.3) is 0 Å². The molecule has 0 aliphatic carbocycles. The molecule has 2 heterocycles. The fraction of sp³-hybridized carbons (Fsp3) is 0.619. The first-order valence-corrected chi connectivity index (χ1v) is 10.3. The number of para-hydroxylation sites is 1. The van der Waals surface area contributed by atoms with E-state index in [0.29, 0.717) is 26.2 Å². The molecule has 1 unspecified atom stereocenters. The number of amides is 3. The molecule has 1 atom stereocenters. The number of likely N-dealkylation sites (tertiary alicyclic amines) is 1. The molecule has 0 bridgehead atoms. The molecule has 1 aromatic rings. The molecule has 3 amide bonds. The van der Waals surface area contributed by atoms with Crippen LogP contribution in [-0.2, 0) is 4.79 Å². The van der Waals surface area contributed by atoms with Gasteiger partial charge in [0, 0.05) is 39.3 Å². The van der Waals surface area contributed by atoms with Gasteiger partial charge in [0.2, 0.25) is 5.91 Å². The third-order valence-electron chi connectivity index (χ3n) is 5.43. The first-order chi connectivity index (χ1) is 13.5. The molecule has 2 aliphatic heterocycles. The molecular weight excluding hydrogens is 356 g/mol. The zero-order chi connectivity index (χ0) is 19.9. The molecule has 0 radical (unpaired) electrons. The van der Waals surface area contributed by atoms with Crippen LogP contribution >= 0.6 is 0 Å². The lowest BCUT2D eigenvalue weighted by Crippen LogP contribution is -2.55. The average Bonchev–Trinajstić information content (AvgIpc) is 3.23. The van der Waals surface area contributed by atoms with Crippen LogP contribution in [0.1, 0.15) is 25.3 Å². The highest BCUT2D eigenvalue weighted by Gasteiger charge is 2.25. The largest absolute Gasteiger partial charge is 0.491 e. The monoisotopic (exact) mass is 388 g/mol. The van der Waals surface area contributed by atoms with E-state index in [1.807, 2.05) is 47.9 Å². The quantitative estimate of drug-likeness (QED) is 0.806. The number of hydrogen-bond donors (Lipinski definition) is 1. The van der Waals surface area contributed by atoms with Gasteiger partial charge in [0.1, 0.15) is 12.4 Å². The van der Waals surface area contributed by atoms with E-state index in [2.05, 4.69) is 10.2 Å². The minimum absolute atomic E-state index is 0.0635. The van der Waals surface area contributed by atoms with Gasteiger partial charge in [0.15, 0.2) is 0 Å². The van der Waals surface area contributed by atoms with Crippen molar-refractivity contribution in [1.82, 2.24) is 20.0 Å². The number of carbonyl (C=O) groups excluding carboxylic acids is 2. The summed E-state index contributed by atoms with van der Waals surface area (Å²) >= 11 is 0. The number of carbonyl (C=O) groups is 2. The second kappa shape index (κ2) is 9.78. The van der Waals surface area contributed by atoms with E-state index < -0.39 is 0 Å². The van der Waals surface area contributed by atoms with Crippen molar-refractivity contribution in [2.75, 3.05) is 52.4 Å². The standard InChI is InChI=1S/C21H32N4O3/c1-17-7-3-4-8-19(17)28-16-18(2)22-21(27)25-13-11-23(12-14-25)15-20(26)24-9-5-6-10-24/h3-4,7-8,18H,5-6,9-16H2,1-2H3,(H,22,27). The molecule has 2 fully saturated rings. The number of benzene rings is 1. The first-order valence-electron chi connectivity index (χ1n) is 10.3. The summed E-state index contributed by atoms with van der Waals surface area (Å²) in [6.45, 7) is 9.40. The number of nitrogens with zero attached hydrogens (tertiary/aromatic N) is 3. The Labute approximate surface area is 167 Å². The molecule has 7 heteroatoms. The van der Waals surface area contributed by atoms with Gasteiger partial charge < -0.3 is 19.9 Å². The predicted octanol–water partition coefficient (Wildman–Crippen LogP) is 1.71. The van der Waals surface area contributed by atoms with Crippen molar-refractivity contribution in [2.24, 2.45) is 0 Å². The Morgan fingerprint density at radius 3 is 2.39 bits per heavy atom. The second-order valence-corrected chi connectivity index (χ2v) is 7.78. The summed E-state index contributed by atoms with van der Waals surface area (Å²) in [5.74, 6) is 1.07. The lowest BCUT2D eigenvalue weighted by atomic mass is 10.2. The highest BCUT2D eigenvalue weighted by atomic mass is 16.5. The predicted molar refractivity (Wildman–Crippen MR) is 108 cm³/mol. The van der Waals surface area contributed by atoms with Gasteiger partial charge in [-0.15, -0.1) is 0 Å². The van der Waals surface area contributed by atoms with E-state index in [9.17, 15) is 9.59 Å². The van der Waals surface area contributed by atoms with E-state index in [1.165, 1.54) is 0 Å². The molecule has 3 rings (SSSR count). The van der Waals surface area contributed by atoms with Gasteiger partial charge in [-0.05, 0) is 38.3 Å². The van der Waals surface area contributed by atoms with Crippen LogP contribution in [0.3, 0.4) is 0 Å². The summed E-state index contributed by atoms with van der Waals surface area (Å²) in [5.41, 5.74) is 1.08. The van der Waals surface area contributed by atoms with Crippen LogP contribution in [-0.4, -0.2) is 85.1 Å². The van der Waals surface area contributed by atoms with Crippen LogP contribution < -0.4 is 10.1 Å². The Hall–Kier alpha value is -2.28. The van der Waals surface area contributed by atoms with Gasteiger partial charge in [0.05, 0.1) is 12.6 Å². The maximum atomic E-state index is 12.5. The fourth-order valence-electron chi connectivity index (χ4n) is 3.64. The maximum Gasteiger partial charge on any atom is 0.317 e. The first kappa shape index (κ1) is 20.5. The van der Waals surface area contributed by atoms with Crippen molar-refractivity contribution >= 4 is 11.9 Å². The normalized spacial score (nSPS) is 18.8. The highest BCUT2D eigenvalue weighted by molar-refractivity contribution is 5.78. The maximum absolute atomic E-state index is 12.5. The Morgan fingerprint density at radius 1 is 1.04 bits per heavy atom. The van der Waals surface area contributed by atoms with E-state index in [-0.39, 0.29) is 18.0 Å². The third kappa shape index (κ3) is 5.61. The van der Waals surface area contributed by atoms with Gasteiger partial charge in [-0.25, -0.2) is 4.79 Å². The van der Waals surface area contributed by atoms with Crippen LogP contribution in [0.5, 0.6) is 5.75 Å². The van der Waals surface area contributed by atoms with E-state index in [1.54, 1.807) is 0 Å². The molecule has 0 spiro atoms. The van der Waals surface area contributed by atoms with Gasteiger partial charge in [-0.3, -0.25) is 9.69 Å². The Morgan fingerprint density at radius 2 is 1.71 bits per heavy atom. The summed E-state index contributed by atoms with van der Waals surface area (Å²) in [7, 11) is 0. The molecule has 2 aliphatic rings. The molecule has 28 heavy (non-hydrogen) atoms. The lowest BCUT2D eigenvalue weighted by Gasteiger charge is -2.35. The van der Waals surface area contributed by atoms with Gasteiger partial charge in [-0.1, -0.05) is 18.2 Å². The smallest absolute Gasteiger partial charge is 0.317 e. The molecule has 1 aromatic carbocycles. The second-order valence-electron chi connectivity index (χ2n) is 7.78. The van der Waals surface area contributed by atoms with Crippen LogP contribution in [0, 0.1) is 6.92 Å². The Balaban J connectivity index is 1.36. The van der Waals surface area contributed by atoms with E-state index >= 15 is 0 Å². The van der Waals surface area contributed by atoms with Crippen molar-refractivity contribution < 1.29 is 14.3 Å². The van der Waals surface area contributed by atoms with Crippen LogP contribution in [0.15, 0.2) is 24.3 Å². The Kier molecular flexibility index (Phi) is 7.14. The fourth-order valence-corrected chi connectivity index (χ4v) is 3.64. The van der Waals surface area contributed by atoms with Crippen LogP contribution in [0.2, 0.25) is 0 Å². The molecular formula is C21H32N4O3. The SMILES string of the molecule is Cc1ccccc1OCC(C)NC(=O)N1CCN(CC(=O)N2CCCC2)CC1. The minimum atomic E-state index is -0.0816. The summed E-state index contributed by atoms with van der Waals surface area (Å²) < 4.78 is 5.81. The van der Waals surface area contributed by atoms with Crippen molar-refractivity contribution in [3.05, 3.63) is 29.8 Å². The number of urea groups is 1. The molecule has 1 N–H and O–H groups in total. The molecule has 0 saturated carbocycles. The molecule has 154 valence electrons. The topological polar surface area (TPSA) is 65.1 Å². The number of ether oxygens (including phenoxy) is 1. The number of piperazine rings is 1. The lowest BCUT2D eigenvalue weighted by molar-refractivity contribution is -0.131. The Bertz CT molecular complexity index is 667. The summed E-state index contributed by atoms with van der Waals surface area (Å²) in [6.07, 6.45) is 2.23. The zero-order valence-electron chi connectivity index (χ0n) is 17.0. The van der Waals surface area contributed by atoms with Crippen LogP contribution in [0.25, 0.3) is 0 Å². The number of rotatable bonds is 6. The van der Waals surface area contributed by atoms with Crippen molar-refractivity contribution in [3.8, 4) is 5.75 Å². The average molecular weight is 389 g/mol. The molecule has 0 aromatic heterocycles.